The summed E-state index contributed by atoms with van der Waals surface area (Å²) < 4.78 is 10.5. The van der Waals surface area contributed by atoms with Gasteiger partial charge in [0.25, 0.3) is 0 Å². The van der Waals surface area contributed by atoms with Gasteiger partial charge in [0.05, 0.1) is 17.6 Å². The number of fused-ring (bicyclic) bond motifs is 2. The Kier molecular flexibility index (Phi) is 4.73. The van der Waals surface area contributed by atoms with E-state index >= 15 is 0 Å². The summed E-state index contributed by atoms with van der Waals surface area (Å²) in [6, 6.07) is 2.64. The van der Waals surface area contributed by atoms with Gasteiger partial charge in [-0.05, 0) is 6.07 Å². The monoisotopic (exact) mass is 438 g/mol. The maximum absolute atomic E-state index is 12.9. The lowest BCUT2D eigenvalue weighted by atomic mass is 9.86. The van der Waals surface area contributed by atoms with Crippen molar-refractivity contribution in [3.63, 3.8) is 0 Å². The third kappa shape index (κ3) is 2.89. The zero-order chi connectivity index (χ0) is 22.8. The maximum Gasteiger partial charge on any atom is 0.229 e. The molecule has 12 heteroatoms. The van der Waals surface area contributed by atoms with Gasteiger partial charge in [-0.2, -0.15) is 0 Å². The number of aromatic hydroxyl groups is 4. The van der Waals surface area contributed by atoms with E-state index in [4.69, 9.17) is 9.15 Å². The fraction of sp³-hybridized carbons (Fsp3) is 0.316. The van der Waals surface area contributed by atoms with E-state index in [0.717, 1.165) is 18.2 Å². The topological polar surface area (TPSA) is 222 Å². The summed E-state index contributed by atoms with van der Waals surface area (Å²) in [5.41, 5.74) is -2.43. The van der Waals surface area contributed by atoms with E-state index in [1.165, 1.54) is 0 Å². The minimum atomic E-state index is -3.05. The molecule has 5 atom stereocenters. The van der Waals surface area contributed by atoms with Crippen molar-refractivity contribution in [2.24, 2.45) is 0 Å². The second-order valence-electron chi connectivity index (χ2n) is 7.22. The molecule has 1 aliphatic rings. The second kappa shape index (κ2) is 6.95. The van der Waals surface area contributed by atoms with Gasteiger partial charge in [-0.1, -0.05) is 0 Å². The molecule has 166 valence electrons. The molecular formula is C19H18O12. The van der Waals surface area contributed by atoms with Crippen molar-refractivity contribution in [1.29, 1.82) is 0 Å². The maximum atomic E-state index is 12.9. The predicted molar refractivity (Wildman–Crippen MR) is 101 cm³/mol. The lowest BCUT2D eigenvalue weighted by molar-refractivity contribution is -0.358. The minimum Gasteiger partial charge on any atom is -0.507 e. The average Bonchev–Trinajstić information content (AvgIpc) is 2.70. The van der Waals surface area contributed by atoms with Crippen LogP contribution >= 0.6 is 0 Å². The normalized spacial score (nSPS) is 28.9. The smallest absolute Gasteiger partial charge is 0.229 e. The first kappa shape index (κ1) is 21.1. The molecule has 0 aliphatic carbocycles. The number of benzene rings is 2. The molecule has 2 heterocycles. The lowest BCUT2D eigenvalue weighted by Crippen LogP contribution is -2.63. The molecular weight excluding hydrogens is 420 g/mol. The predicted octanol–water partition coefficient (Wildman–Crippen LogP) is -1.61. The molecule has 1 fully saturated rings. The highest BCUT2D eigenvalue weighted by Gasteiger charge is 2.56. The Bertz CT molecular complexity index is 1250. The van der Waals surface area contributed by atoms with Crippen molar-refractivity contribution in [2.45, 2.75) is 30.2 Å². The number of ether oxygens (including phenoxy) is 1. The van der Waals surface area contributed by atoms with Crippen LogP contribution in [-0.4, -0.2) is 77.0 Å². The number of hydrogen-bond donors (Lipinski definition) is 9. The second-order valence-corrected chi connectivity index (χ2v) is 7.22. The molecule has 0 unspecified atom stereocenters. The van der Waals surface area contributed by atoms with Gasteiger partial charge < -0.3 is 55.1 Å². The van der Waals surface area contributed by atoms with Gasteiger partial charge in [-0.15, -0.1) is 0 Å². The molecule has 1 aromatic heterocycles. The zero-order valence-electron chi connectivity index (χ0n) is 15.5. The molecule has 0 radical (unpaired) electrons. The first-order valence-electron chi connectivity index (χ1n) is 8.94. The Balaban J connectivity index is 2.03. The highest BCUT2D eigenvalue weighted by molar-refractivity contribution is 5.96. The van der Waals surface area contributed by atoms with Gasteiger partial charge in [0, 0.05) is 12.1 Å². The van der Waals surface area contributed by atoms with Crippen molar-refractivity contribution >= 4 is 21.9 Å². The van der Waals surface area contributed by atoms with Crippen LogP contribution in [0.3, 0.4) is 0 Å². The van der Waals surface area contributed by atoms with E-state index in [9.17, 15) is 50.8 Å². The Morgan fingerprint density at radius 3 is 2.16 bits per heavy atom. The molecule has 0 spiro atoms. The standard InChI is InChI=1S/C19H18O12/c20-4-11-15(25)17(27)18(28)19(29,31-11)13-8(23)3-10-12(16(13)26)14(24)5-1-6(21)7(22)2-9(5)30-10/h1-3,11,15,17-18,20-23,25-29H,4H2/t11-,15-,17+,18-,19-/m0/s1. The van der Waals surface area contributed by atoms with Crippen LogP contribution in [0.1, 0.15) is 5.56 Å². The summed E-state index contributed by atoms with van der Waals surface area (Å²) in [4.78, 5) is 12.9. The first-order chi connectivity index (χ1) is 14.5. The van der Waals surface area contributed by atoms with Gasteiger partial charge in [0.15, 0.2) is 11.5 Å². The van der Waals surface area contributed by atoms with E-state index in [1.54, 1.807) is 0 Å². The van der Waals surface area contributed by atoms with Gasteiger partial charge in [0.2, 0.25) is 11.2 Å². The van der Waals surface area contributed by atoms with Crippen molar-refractivity contribution in [2.75, 3.05) is 6.61 Å². The quantitative estimate of drug-likeness (QED) is 0.163. The Labute approximate surface area is 171 Å². The van der Waals surface area contributed by atoms with E-state index in [-0.39, 0.29) is 16.6 Å². The van der Waals surface area contributed by atoms with Crippen molar-refractivity contribution in [3.05, 3.63) is 34.0 Å². The van der Waals surface area contributed by atoms with Gasteiger partial charge in [-0.25, -0.2) is 0 Å². The van der Waals surface area contributed by atoms with Crippen LogP contribution in [0.15, 0.2) is 27.4 Å². The summed E-state index contributed by atoms with van der Waals surface area (Å²) in [7, 11) is 0. The summed E-state index contributed by atoms with van der Waals surface area (Å²) in [6.07, 6.45) is -7.80. The third-order valence-electron chi connectivity index (χ3n) is 5.34. The van der Waals surface area contributed by atoms with Gasteiger partial charge in [-0.3, -0.25) is 4.79 Å². The molecule has 9 N–H and O–H groups in total. The molecule has 0 saturated carbocycles. The van der Waals surface area contributed by atoms with Crippen LogP contribution in [0.25, 0.3) is 21.9 Å². The molecule has 12 nitrogen and oxygen atoms in total. The summed E-state index contributed by atoms with van der Waals surface area (Å²) in [5.74, 6) is -6.29. The summed E-state index contributed by atoms with van der Waals surface area (Å²) >= 11 is 0. The van der Waals surface area contributed by atoms with E-state index in [1.807, 2.05) is 0 Å². The van der Waals surface area contributed by atoms with Crippen LogP contribution in [-0.2, 0) is 10.5 Å². The van der Waals surface area contributed by atoms with E-state index in [2.05, 4.69) is 0 Å². The van der Waals surface area contributed by atoms with Crippen molar-refractivity contribution in [3.8, 4) is 23.0 Å². The van der Waals surface area contributed by atoms with Gasteiger partial charge in [0.1, 0.15) is 52.5 Å². The molecule has 1 saturated heterocycles. The number of aliphatic hydroxyl groups excluding tert-OH is 4. The number of aliphatic hydroxyl groups is 5. The minimum absolute atomic E-state index is 0.189. The van der Waals surface area contributed by atoms with Crippen LogP contribution < -0.4 is 5.43 Å². The number of hydrogen-bond acceptors (Lipinski definition) is 12. The Morgan fingerprint density at radius 2 is 1.52 bits per heavy atom. The zero-order valence-corrected chi connectivity index (χ0v) is 15.5. The first-order valence-corrected chi connectivity index (χ1v) is 8.94. The molecule has 31 heavy (non-hydrogen) atoms. The number of phenols is 4. The van der Waals surface area contributed by atoms with Crippen molar-refractivity contribution in [1.82, 2.24) is 0 Å². The number of rotatable bonds is 2. The fourth-order valence-electron chi connectivity index (χ4n) is 3.72. The van der Waals surface area contributed by atoms with Gasteiger partial charge >= 0.3 is 0 Å². The molecule has 0 amide bonds. The molecule has 4 rings (SSSR count). The van der Waals surface area contributed by atoms with Crippen molar-refractivity contribution < 1.29 is 55.1 Å². The van der Waals surface area contributed by atoms with Crippen LogP contribution in [0.2, 0.25) is 0 Å². The third-order valence-corrected chi connectivity index (χ3v) is 5.34. The van der Waals surface area contributed by atoms with Crippen LogP contribution in [0, 0.1) is 0 Å². The average molecular weight is 438 g/mol. The fourth-order valence-corrected chi connectivity index (χ4v) is 3.72. The largest absolute Gasteiger partial charge is 0.507 e. The number of phenolic OH excluding ortho intramolecular Hbond substituents is 4. The van der Waals surface area contributed by atoms with E-state index in [0.29, 0.717) is 0 Å². The molecule has 3 aromatic rings. The Hall–Kier alpha value is -3.13. The van der Waals surface area contributed by atoms with Crippen LogP contribution in [0.5, 0.6) is 23.0 Å². The SMILES string of the molecule is O=c1c2cc(O)c(O)cc2oc2cc(O)c([C@]3(O)O[C@@H](CO)[C@H](O)[C@@H](O)[C@@H]3O)c(O)c12. The summed E-state index contributed by atoms with van der Waals surface area (Å²) in [5, 5.41) is 90.1. The lowest BCUT2D eigenvalue weighted by Gasteiger charge is -2.45. The molecule has 1 aliphatic heterocycles. The Morgan fingerprint density at radius 1 is 0.903 bits per heavy atom. The highest BCUT2D eigenvalue weighted by atomic mass is 16.7. The molecule has 2 aromatic carbocycles. The molecule has 0 bridgehead atoms. The van der Waals surface area contributed by atoms with Crippen LogP contribution in [0.4, 0.5) is 0 Å². The highest BCUT2D eigenvalue weighted by Crippen LogP contribution is 2.47. The summed E-state index contributed by atoms with van der Waals surface area (Å²) in [6.45, 7) is -0.905. The van der Waals surface area contributed by atoms with E-state index < -0.39 is 76.2 Å².